The lowest BCUT2D eigenvalue weighted by molar-refractivity contribution is -0.136. The largest absolute Gasteiger partial charge is 0.457 e. The molecule has 2 atom stereocenters. The minimum atomic E-state index is -0.985. The Balaban J connectivity index is 0.724. The van der Waals surface area contributed by atoms with Crippen molar-refractivity contribution in [3.63, 3.8) is 0 Å². The van der Waals surface area contributed by atoms with Crippen LogP contribution in [-0.2, 0) is 9.59 Å². The molecule has 0 aliphatic carbocycles. The number of nitrogens with one attached hydrogen (secondary N) is 1. The summed E-state index contributed by atoms with van der Waals surface area (Å²) in [7, 11) is 0. The Hall–Kier alpha value is -6.88. The van der Waals surface area contributed by atoms with Crippen molar-refractivity contribution in [2.75, 3.05) is 69.5 Å². The number of carbonyl (C=O) groups is 5. The number of urea groups is 1. The molecule has 0 radical (unpaired) electrons. The maximum Gasteiger partial charge on any atom is 0.320 e. The van der Waals surface area contributed by atoms with E-state index in [4.69, 9.17) is 15.6 Å². The number of piperazine rings is 1. The number of piperidine rings is 3. The second-order valence-corrected chi connectivity index (χ2v) is 17.1. The van der Waals surface area contributed by atoms with Crippen LogP contribution in [0.15, 0.2) is 79.1 Å². The van der Waals surface area contributed by atoms with E-state index in [9.17, 15) is 24.0 Å². The summed E-state index contributed by atoms with van der Waals surface area (Å²) in [6, 6.07) is 21.7. The highest BCUT2D eigenvalue weighted by molar-refractivity contribution is 6.23. The van der Waals surface area contributed by atoms with Gasteiger partial charge in [0.15, 0.2) is 5.65 Å². The van der Waals surface area contributed by atoms with Crippen LogP contribution in [0.25, 0.3) is 22.3 Å². The van der Waals surface area contributed by atoms with Crippen LogP contribution in [0, 0.1) is 5.92 Å². The third kappa shape index (κ3) is 7.81. The number of nitrogen functional groups attached to an aromatic ring is 1. The van der Waals surface area contributed by atoms with Crippen molar-refractivity contribution in [1.82, 2.24) is 44.7 Å². The SMILES string of the molecule is Nc1ncnc2c1c(-c1ccc(Oc3ccccc3)cc1)nn2[C@@H]1CCCN(C(=O)N2CCC(CN3CCN(c4ccc5c(c4)C(=O)N(C4CCC(=O)NC4=O)C5=O)CC3)CC2)C1. The lowest BCUT2D eigenvalue weighted by atomic mass is 9.96. The van der Waals surface area contributed by atoms with Crippen LogP contribution in [0.3, 0.4) is 0 Å². The van der Waals surface area contributed by atoms with Gasteiger partial charge in [-0.25, -0.2) is 19.4 Å². The molecule has 0 saturated carbocycles. The van der Waals surface area contributed by atoms with Gasteiger partial charge in [0.05, 0.1) is 22.6 Å². The lowest BCUT2D eigenvalue weighted by Gasteiger charge is -2.41. The number of ether oxygens (including phenoxy) is 1. The number of carbonyl (C=O) groups excluding carboxylic acids is 5. The minimum absolute atomic E-state index is 0.0707. The monoisotopic (exact) mass is 851 g/mol. The highest BCUT2D eigenvalue weighted by Crippen LogP contribution is 2.36. The molecule has 3 N–H and O–H groups in total. The number of rotatable bonds is 8. The molecule has 0 bridgehead atoms. The van der Waals surface area contributed by atoms with Gasteiger partial charge < -0.3 is 25.2 Å². The first kappa shape index (κ1) is 40.2. The van der Waals surface area contributed by atoms with Crippen LogP contribution >= 0.6 is 0 Å². The van der Waals surface area contributed by atoms with Crippen molar-refractivity contribution < 1.29 is 28.7 Å². The number of benzene rings is 3. The maximum atomic E-state index is 14.0. The van der Waals surface area contributed by atoms with Gasteiger partial charge in [-0.15, -0.1) is 0 Å². The summed E-state index contributed by atoms with van der Waals surface area (Å²) >= 11 is 0. The van der Waals surface area contributed by atoms with Crippen molar-refractivity contribution in [2.45, 2.75) is 50.6 Å². The number of likely N-dealkylation sites (tertiary alicyclic amines) is 2. The van der Waals surface area contributed by atoms with Gasteiger partial charge in [-0.3, -0.25) is 34.3 Å². The zero-order chi connectivity index (χ0) is 43.2. The molecule has 5 aliphatic heterocycles. The number of anilines is 2. The first-order valence-corrected chi connectivity index (χ1v) is 21.9. The van der Waals surface area contributed by atoms with Crippen molar-refractivity contribution >= 4 is 52.2 Å². The normalized spacial score (nSPS) is 21.3. The molecule has 0 spiro atoms. The van der Waals surface area contributed by atoms with E-state index in [1.807, 2.05) is 75.1 Å². The standard InChI is InChI=1S/C46H49N11O6/c47-41-39-40(30-8-11-34(12-9-30)63-33-6-2-1-3-7-33)51-57(42(39)49-28-48-41)32-5-4-18-55(27-32)46(62)54-19-16-29(17-20-54)26-52-21-23-53(24-22-52)31-10-13-35-36(25-31)45(61)56(44(35)60)37-14-15-38(58)50-43(37)59/h1-3,6-13,25,28-29,32,37H,4-5,14-24,26-27H2,(H2,47,48,49)(H,50,58,59)/t32-,37?/m1/s1. The third-order valence-corrected chi connectivity index (χ3v) is 13.2. The second-order valence-electron chi connectivity index (χ2n) is 17.1. The van der Waals surface area contributed by atoms with Crippen LogP contribution in [0.1, 0.15) is 65.3 Å². The molecule has 3 aromatic carbocycles. The molecular formula is C46H49N11O6. The molecule has 63 heavy (non-hydrogen) atoms. The molecule has 17 nitrogen and oxygen atoms in total. The van der Waals surface area contributed by atoms with Gasteiger partial charge >= 0.3 is 6.03 Å². The van der Waals surface area contributed by atoms with Gasteiger partial charge in [0, 0.05) is 76.6 Å². The summed E-state index contributed by atoms with van der Waals surface area (Å²) in [5, 5.41) is 8.02. The Kier molecular flexibility index (Phi) is 10.7. The first-order valence-electron chi connectivity index (χ1n) is 21.9. The Morgan fingerprint density at radius 2 is 1.52 bits per heavy atom. The Morgan fingerprint density at radius 1 is 0.778 bits per heavy atom. The maximum absolute atomic E-state index is 14.0. The van der Waals surface area contributed by atoms with Crippen LogP contribution in [0.5, 0.6) is 11.5 Å². The van der Waals surface area contributed by atoms with Crippen molar-refractivity contribution in [1.29, 1.82) is 0 Å². The molecule has 324 valence electrons. The molecule has 5 aromatic rings. The van der Waals surface area contributed by atoms with E-state index in [1.54, 1.807) is 12.1 Å². The number of nitrogens with zero attached hydrogens (tertiary/aromatic N) is 9. The highest BCUT2D eigenvalue weighted by Gasteiger charge is 2.45. The van der Waals surface area contributed by atoms with Gasteiger partial charge in [-0.1, -0.05) is 18.2 Å². The molecule has 6 amide bonds. The first-order chi connectivity index (χ1) is 30.7. The van der Waals surface area contributed by atoms with Gasteiger partial charge in [0.1, 0.15) is 35.4 Å². The number of fused-ring (bicyclic) bond motifs is 2. The zero-order valence-electron chi connectivity index (χ0n) is 34.9. The lowest BCUT2D eigenvalue weighted by Crippen LogP contribution is -2.54. The van der Waals surface area contributed by atoms with Crippen molar-refractivity contribution in [3.05, 3.63) is 90.3 Å². The van der Waals surface area contributed by atoms with Crippen LogP contribution < -0.4 is 20.7 Å². The van der Waals surface area contributed by atoms with Crippen molar-refractivity contribution in [3.8, 4) is 22.8 Å². The van der Waals surface area contributed by atoms with E-state index in [1.165, 1.54) is 6.33 Å². The van der Waals surface area contributed by atoms with E-state index in [-0.39, 0.29) is 30.5 Å². The number of hydrogen-bond donors (Lipinski definition) is 2. The fourth-order valence-electron chi connectivity index (χ4n) is 9.80. The number of hydrogen-bond acceptors (Lipinski definition) is 12. The number of amides is 6. The summed E-state index contributed by atoms with van der Waals surface area (Å²) < 4.78 is 7.94. The summed E-state index contributed by atoms with van der Waals surface area (Å²) in [5.74, 6) is 0.295. The average Bonchev–Trinajstić information content (AvgIpc) is 3.82. The summed E-state index contributed by atoms with van der Waals surface area (Å²) in [5.41, 5.74) is 10.1. The molecule has 4 saturated heterocycles. The predicted molar refractivity (Wildman–Crippen MR) is 233 cm³/mol. The molecule has 1 unspecified atom stereocenters. The molecule has 2 aromatic heterocycles. The van der Waals surface area contributed by atoms with E-state index in [0.717, 1.165) is 80.3 Å². The van der Waals surface area contributed by atoms with E-state index < -0.39 is 29.7 Å². The van der Waals surface area contributed by atoms with Gasteiger partial charge in [-0.2, -0.15) is 5.10 Å². The molecule has 17 heteroatoms. The Labute approximate surface area is 363 Å². The summed E-state index contributed by atoms with van der Waals surface area (Å²) in [6.07, 6.45) is 5.26. The molecule has 5 aliphatic rings. The van der Waals surface area contributed by atoms with E-state index in [2.05, 4.69) is 25.1 Å². The van der Waals surface area contributed by atoms with Crippen molar-refractivity contribution in [2.24, 2.45) is 5.92 Å². The Bertz CT molecular complexity index is 2580. The molecule has 10 rings (SSSR count). The average molecular weight is 852 g/mol. The number of nitrogens with two attached hydrogens (primary N) is 1. The molecule has 4 fully saturated rings. The minimum Gasteiger partial charge on any atom is -0.457 e. The van der Waals surface area contributed by atoms with E-state index >= 15 is 0 Å². The topological polar surface area (TPSA) is 192 Å². The number of aromatic nitrogens is 4. The van der Waals surface area contributed by atoms with Crippen LogP contribution in [0.4, 0.5) is 16.3 Å². The fraction of sp³-hybridized carbons (Fsp3) is 0.391. The van der Waals surface area contributed by atoms with Gasteiger partial charge in [0.25, 0.3) is 11.8 Å². The van der Waals surface area contributed by atoms with Crippen LogP contribution in [-0.4, -0.2) is 134 Å². The molecular weight excluding hydrogens is 803 g/mol. The van der Waals surface area contributed by atoms with Crippen LogP contribution in [0.2, 0.25) is 0 Å². The smallest absolute Gasteiger partial charge is 0.320 e. The van der Waals surface area contributed by atoms with Gasteiger partial charge in [0.2, 0.25) is 11.8 Å². The summed E-state index contributed by atoms with van der Waals surface area (Å²) in [6.45, 7) is 6.86. The zero-order valence-corrected chi connectivity index (χ0v) is 34.9. The second kappa shape index (κ2) is 16.8. The highest BCUT2D eigenvalue weighted by atomic mass is 16.5. The van der Waals surface area contributed by atoms with E-state index in [0.29, 0.717) is 66.0 Å². The summed E-state index contributed by atoms with van der Waals surface area (Å²) in [4.78, 5) is 83.3. The molecule has 7 heterocycles. The predicted octanol–water partition coefficient (Wildman–Crippen LogP) is 4.56. The third-order valence-electron chi connectivity index (χ3n) is 13.2. The Morgan fingerprint density at radius 3 is 2.29 bits per heavy atom. The fourth-order valence-corrected chi connectivity index (χ4v) is 9.80. The number of para-hydroxylation sites is 1. The quantitative estimate of drug-likeness (QED) is 0.207. The number of imide groups is 2. The van der Waals surface area contributed by atoms with Gasteiger partial charge in [-0.05, 0) is 92.6 Å².